The van der Waals surface area contributed by atoms with Crippen molar-refractivity contribution in [2.24, 2.45) is 0 Å². The summed E-state index contributed by atoms with van der Waals surface area (Å²) in [6.07, 6.45) is 0. The molecule has 1 nitrogen and oxygen atoms in total. The molecule has 33 heavy (non-hydrogen) atoms. The fourth-order valence-corrected chi connectivity index (χ4v) is 5.87. The minimum absolute atomic E-state index is 1.06. The van der Waals surface area contributed by atoms with Crippen LogP contribution in [0.15, 0.2) is 115 Å². The van der Waals surface area contributed by atoms with Crippen molar-refractivity contribution in [1.29, 1.82) is 0 Å². The quantitative estimate of drug-likeness (QED) is 0.246. The minimum atomic E-state index is 1.06. The van der Waals surface area contributed by atoms with Gasteiger partial charge in [0.1, 0.15) is 0 Å². The number of fused-ring (bicyclic) bond motifs is 7. The van der Waals surface area contributed by atoms with Crippen LogP contribution in [0.3, 0.4) is 0 Å². The van der Waals surface area contributed by atoms with Gasteiger partial charge in [-0.15, -0.1) is 11.3 Å². The van der Waals surface area contributed by atoms with Crippen molar-refractivity contribution in [3.63, 3.8) is 0 Å². The number of hydrogen-bond donors (Lipinski definition) is 0. The van der Waals surface area contributed by atoms with E-state index in [2.05, 4.69) is 114 Å². The maximum atomic E-state index is 4.51. The molecule has 0 aliphatic carbocycles. The molecule has 0 atom stereocenters. The highest BCUT2D eigenvalue weighted by molar-refractivity contribution is 7.17. The third-order valence-corrected chi connectivity index (χ3v) is 7.49. The zero-order chi connectivity index (χ0) is 21.8. The second-order valence-corrected chi connectivity index (χ2v) is 9.29. The first kappa shape index (κ1) is 18.6. The van der Waals surface area contributed by atoms with Gasteiger partial charge in [0, 0.05) is 5.56 Å². The SMILES string of the molecule is c1ccc(-c2ccc3c4ccc(-c5cccc6ncsc56)cc4c4ccccc4c3c2)cc1. The van der Waals surface area contributed by atoms with Crippen LogP contribution in [0.25, 0.3) is 64.8 Å². The smallest absolute Gasteiger partial charge is 0.0818 e. The highest BCUT2D eigenvalue weighted by Crippen LogP contribution is 2.40. The predicted octanol–water partition coefficient (Wildman–Crippen LogP) is 9.09. The van der Waals surface area contributed by atoms with Crippen LogP contribution in [0.4, 0.5) is 0 Å². The summed E-state index contributed by atoms with van der Waals surface area (Å²) in [4.78, 5) is 4.51. The second-order valence-electron chi connectivity index (χ2n) is 8.44. The molecule has 1 aromatic heterocycles. The first-order chi connectivity index (χ1) is 16.4. The van der Waals surface area contributed by atoms with Crippen LogP contribution in [-0.2, 0) is 0 Å². The van der Waals surface area contributed by atoms with Gasteiger partial charge in [-0.1, -0.05) is 91.0 Å². The van der Waals surface area contributed by atoms with Crippen LogP contribution in [0.2, 0.25) is 0 Å². The van der Waals surface area contributed by atoms with Gasteiger partial charge in [-0.05, 0) is 67.2 Å². The van der Waals surface area contributed by atoms with Gasteiger partial charge in [0.15, 0.2) is 0 Å². The maximum Gasteiger partial charge on any atom is 0.0818 e. The standard InChI is InChI=1S/C31H19NS/c1-2-7-20(8-3-1)21-13-15-26-27-16-14-22(23-11-6-12-30-31(23)33-19-32-30)18-29(27)25-10-5-4-9-24(25)28(26)17-21/h1-19H. The summed E-state index contributed by atoms with van der Waals surface area (Å²) >= 11 is 1.71. The summed E-state index contributed by atoms with van der Waals surface area (Å²) in [7, 11) is 0. The lowest BCUT2D eigenvalue weighted by atomic mass is 9.90. The third-order valence-electron chi connectivity index (χ3n) is 6.61. The summed E-state index contributed by atoms with van der Waals surface area (Å²) < 4.78 is 1.24. The van der Waals surface area contributed by atoms with Crippen molar-refractivity contribution >= 4 is 53.9 Å². The molecule has 0 N–H and O–H groups in total. The fourth-order valence-electron chi connectivity index (χ4n) is 5.05. The monoisotopic (exact) mass is 437 g/mol. The Morgan fingerprint density at radius 3 is 1.85 bits per heavy atom. The molecule has 0 bridgehead atoms. The average Bonchev–Trinajstić information content (AvgIpc) is 3.38. The van der Waals surface area contributed by atoms with Gasteiger partial charge in [-0.3, -0.25) is 0 Å². The van der Waals surface area contributed by atoms with Crippen LogP contribution in [0, 0.1) is 0 Å². The first-order valence-corrected chi connectivity index (χ1v) is 12.0. The van der Waals surface area contributed by atoms with E-state index in [9.17, 15) is 0 Å². The molecule has 0 radical (unpaired) electrons. The number of thiazole rings is 1. The Morgan fingerprint density at radius 1 is 0.455 bits per heavy atom. The van der Waals surface area contributed by atoms with E-state index in [0.717, 1.165) is 5.52 Å². The van der Waals surface area contributed by atoms with E-state index < -0.39 is 0 Å². The van der Waals surface area contributed by atoms with E-state index >= 15 is 0 Å². The van der Waals surface area contributed by atoms with E-state index in [0.29, 0.717) is 0 Å². The van der Waals surface area contributed by atoms with Gasteiger partial charge >= 0.3 is 0 Å². The summed E-state index contributed by atoms with van der Waals surface area (Å²) in [5, 5.41) is 7.78. The zero-order valence-corrected chi connectivity index (χ0v) is 18.6. The molecule has 154 valence electrons. The second kappa shape index (κ2) is 7.26. The Bertz CT molecular complexity index is 1790. The summed E-state index contributed by atoms with van der Waals surface area (Å²) in [6, 6.07) is 39.6. The zero-order valence-electron chi connectivity index (χ0n) is 17.8. The number of benzene rings is 6. The number of aromatic nitrogens is 1. The predicted molar refractivity (Wildman–Crippen MR) is 143 cm³/mol. The topological polar surface area (TPSA) is 12.9 Å². The van der Waals surface area contributed by atoms with E-state index in [1.165, 1.54) is 59.3 Å². The molecular weight excluding hydrogens is 418 g/mol. The van der Waals surface area contributed by atoms with Gasteiger partial charge in [-0.25, -0.2) is 4.98 Å². The van der Waals surface area contributed by atoms with Gasteiger partial charge in [0.25, 0.3) is 0 Å². The lowest BCUT2D eigenvalue weighted by molar-refractivity contribution is 1.50. The fraction of sp³-hybridized carbons (Fsp3) is 0. The van der Waals surface area contributed by atoms with E-state index in [1.807, 2.05) is 5.51 Å². The highest BCUT2D eigenvalue weighted by atomic mass is 32.1. The van der Waals surface area contributed by atoms with Crippen molar-refractivity contribution < 1.29 is 0 Å². The molecule has 0 saturated carbocycles. The Kier molecular flexibility index (Phi) is 4.08. The van der Waals surface area contributed by atoms with Crippen molar-refractivity contribution in [2.45, 2.75) is 0 Å². The molecule has 0 fully saturated rings. The van der Waals surface area contributed by atoms with Crippen LogP contribution in [-0.4, -0.2) is 4.98 Å². The van der Waals surface area contributed by atoms with Crippen LogP contribution in [0.5, 0.6) is 0 Å². The van der Waals surface area contributed by atoms with Crippen molar-refractivity contribution in [3.8, 4) is 22.3 Å². The molecule has 0 saturated heterocycles. The number of rotatable bonds is 2. The molecule has 0 aliphatic heterocycles. The number of nitrogens with zero attached hydrogens (tertiary/aromatic N) is 1. The first-order valence-electron chi connectivity index (χ1n) is 11.1. The van der Waals surface area contributed by atoms with Crippen molar-refractivity contribution in [2.75, 3.05) is 0 Å². The number of hydrogen-bond acceptors (Lipinski definition) is 2. The third kappa shape index (κ3) is 2.88. The van der Waals surface area contributed by atoms with E-state index in [4.69, 9.17) is 0 Å². The molecule has 7 aromatic rings. The molecule has 0 aliphatic rings. The van der Waals surface area contributed by atoms with Gasteiger partial charge in [0.05, 0.1) is 15.7 Å². The van der Waals surface area contributed by atoms with E-state index in [-0.39, 0.29) is 0 Å². The summed E-state index contributed by atoms with van der Waals surface area (Å²) in [5.41, 5.74) is 7.98. The molecular formula is C31H19NS. The molecule has 0 unspecified atom stereocenters. The lowest BCUT2D eigenvalue weighted by Gasteiger charge is -2.13. The highest BCUT2D eigenvalue weighted by Gasteiger charge is 2.12. The molecule has 7 rings (SSSR count). The molecule has 6 aromatic carbocycles. The Hall–Kier alpha value is -4.01. The van der Waals surface area contributed by atoms with Crippen LogP contribution < -0.4 is 0 Å². The average molecular weight is 438 g/mol. The van der Waals surface area contributed by atoms with Crippen LogP contribution >= 0.6 is 11.3 Å². The maximum absolute atomic E-state index is 4.51. The summed E-state index contributed by atoms with van der Waals surface area (Å²) in [5.74, 6) is 0. The minimum Gasteiger partial charge on any atom is -0.245 e. The largest absolute Gasteiger partial charge is 0.245 e. The molecule has 0 spiro atoms. The van der Waals surface area contributed by atoms with Gasteiger partial charge in [0.2, 0.25) is 0 Å². The van der Waals surface area contributed by atoms with Gasteiger partial charge in [-0.2, -0.15) is 0 Å². The Labute approximate surface area is 195 Å². The normalized spacial score (nSPS) is 11.6. The summed E-state index contributed by atoms with van der Waals surface area (Å²) in [6.45, 7) is 0. The lowest BCUT2D eigenvalue weighted by Crippen LogP contribution is -1.86. The Balaban J connectivity index is 1.55. The Morgan fingerprint density at radius 2 is 1.09 bits per heavy atom. The molecule has 2 heteroatoms. The van der Waals surface area contributed by atoms with Crippen molar-refractivity contribution in [1.82, 2.24) is 4.98 Å². The molecule has 0 amide bonds. The van der Waals surface area contributed by atoms with Crippen LogP contribution in [0.1, 0.15) is 0 Å². The van der Waals surface area contributed by atoms with Crippen molar-refractivity contribution in [3.05, 3.63) is 115 Å². The van der Waals surface area contributed by atoms with Gasteiger partial charge < -0.3 is 0 Å². The van der Waals surface area contributed by atoms with E-state index in [1.54, 1.807) is 11.3 Å². The molecule has 1 heterocycles.